The van der Waals surface area contributed by atoms with E-state index in [1.165, 1.54) is 35.6 Å². The van der Waals surface area contributed by atoms with Gasteiger partial charge in [0.2, 0.25) is 0 Å². The zero-order valence-corrected chi connectivity index (χ0v) is 14.8. The molecule has 0 spiro atoms. The van der Waals surface area contributed by atoms with E-state index in [0.29, 0.717) is 12.5 Å². The summed E-state index contributed by atoms with van der Waals surface area (Å²) in [6.07, 6.45) is -1.73. The third-order valence-electron chi connectivity index (χ3n) is 3.58. The lowest BCUT2D eigenvalue weighted by molar-refractivity contribution is -0.149. The van der Waals surface area contributed by atoms with Crippen LogP contribution in [0.15, 0.2) is 36.0 Å². The summed E-state index contributed by atoms with van der Waals surface area (Å²) >= 11 is 1.37. The molecule has 1 aromatic carbocycles. The van der Waals surface area contributed by atoms with Gasteiger partial charge in [-0.3, -0.25) is 19.8 Å². The van der Waals surface area contributed by atoms with Gasteiger partial charge in [0.05, 0.1) is 16.6 Å². The fourth-order valence-corrected chi connectivity index (χ4v) is 2.47. The molecule has 142 valence electrons. The molecule has 2 amide bonds. The molecule has 0 aliphatic carbocycles. The molecule has 0 radical (unpaired) electrons. The van der Waals surface area contributed by atoms with Crippen molar-refractivity contribution >= 4 is 23.2 Å². The molecule has 0 saturated carbocycles. The molecular weight excluding hydrogens is 380 g/mol. The first-order valence-corrected chi connectivity index (χ1v) is 8.39. The Labute approximate surface area is 157 Å². The summed E-state index contributed by atoms with van der Waals surface area (Å²) < 4.78 is 26.0. The highest BCUT2D eigenvalue weighted by Gasteiger charge is 2.46. The van der Waals surface area contributed by atoms with Gasteiger partial charge >= 0.3 is 0 Å². The number of nitrogens with one attached hydrogen (secondary N) is 2. The van der Waals surface area contributed by atoms with Crippen molar-refractivity contribution in [1.29, 1.82) is 0 Å². The fourth-order valence-electron chi connectivity index (χ4n) is 2.00. The van der Waals surface area contributed by atoms with Crippen LogP contribution in [-0.2, 0) is 4.79 Å². The van der Waals surface area contributed by atoms with E-state index in [4.69, 9.17) is 5.21 Å². The predicted octanol–water partition coefficient (Wildman–Crippen LogP) is 1.16. The lowest BCUT2D eigenvalue weighted by Gasteiger charge is -2.30. The molecule has 0 saturated heterocycles. The van der Waals surface area contributed by atoms with Gasteiger partial charge in [-0.2, -0.15) is 0 Å². The lowest BCUT2D eigenvalue weighted by atomic mass is 9.95. The largest absolute Gasteiger partial charge is 0.381 e. The molecule has 0 aliphatic rings. The monoisotopic (exact) mass is 395 g/mol. The summed E-state index contributed by atoms with van der Waals surface area (Å²) in [5.74, 6) is 3.50. The van der Waals surface area contributed by atoms with Crippen molar-refractivity contribution in [3.8, 4) is 11.8 Å². The number of alkyl halides is 2. The highest BCUT2D eigenvalue weighted by Crippen LogP contribution is 2.20. The maximum Gasteiger partial charge on any atom is 0.269 e. The molecule has 1 aromatic heterocycles. The Morgan fingerprint density at radius 1 is 1.26 bits per heavy atom. The molecule has 0 fully saturated rings. The normalized spacial score (nSPS) is 13.9. The van der Waals surface area contributed by atoms with Gasteiger partial charge in [-0.05, 0) is 37.1 Å². The number of nitrogens with zero attached hydrogens (tertiary/aromatic N) is 1. The quantitative estimate of drug-likeness (QED) is 0.345. The number of halogens is 2. The van der Waals surface area contributed by atoms with Gasteiger partial charge in [-0.25, -0.2) is 14.3 Å². The minimum Gasteiger partial charge on any atom is -0.381 e. The van der Waals surface area contributed by atoms with Crippen molar-refractivity contribution in [2.75, 3.05) is 0 Å². The summed E-state index contributed by atoms with van der Waals surface area (Å²) in [5, 5.41) is 20.5. The Balaban J connectivity index is 2.15. The van der Waals surface area contributed by atoms with E-state index in [1.54, 1.807) is 11.7 Å². The minimum absolute atomic E-state index is 0.0548. The number of hydrogen-bond acceptors (Lipinski definition) is 6. The minimum atomic E-state index is -3.34. The van der Waals surface area contributed by atoms with E-state index in [2.05, 4.69) is 16.8 Å². The van der Waals surface area contributed by atoms with Gasteiger partial charge in [-0.1, -0.05) is 5.92 Å². The molecule has 10 heteroatoms. The van der Waals surface area contributed by atoms with Crippen LogP contribution >= 0.6 is 11.3 Å². The molecule has 1 unspecified atom stereocenters. The molecule has 2 rings (SSSR count). The topological polar surface area (TPSA) is 112 Å². The summed E-state index contributed by atoms with van der Waals surface area (Å²) in [7, 11) is 0. The van der Waals surface area contributed by atoms with E-state index < -0.39 is 29.9 Å². The standard InChI is InChI=1S/C17H15F2N3O4S/c1-17(25,16(18)19)13(15(24)22-26)21-14(23)11-5-2-10(3-6-11)4-7-12-8-20-9-27-12/h2-3,5-6,8-9,13,16,25-26H,1H3,(H,21,23)(H,22,24)/t13-,17?/m1/s1. The summed E-state index contributed by atoms with van der Waals surface area (Å²) in [5.41, 5.74) is 0.566. The van der Waals surface area contributed by atoms with Crippen LogP contribution in [-0.4, -0.2) is 45.2 Å². The van der Waals surface area contributed by atoms with Crippen LogP contribution < -0.4 is 10.8 Å². The lowest BCUT2D eigenvalue weighted by Crippen LogP contribution is -2.61. The Morgan fingerprint density at radius 2 is 1.93 bits per heavy atom. The predicted molar refractivity (Wildman–Crippen MR) is 92.3 cm³/mol. The zero-order chi connectivity index (χ0) is 20.0. The number of hydroxylamine groups is 1. The Morgan fingerprint density at radius 3 is 2.44 bits per heavy atom. The second-order valence-corrected chi connectivity index (χ2v) is 6.49. The molecule has 2 aromatic rings. The van der Waals surface area contributed by atoms with Crippen molar-refractivity contribution in [3.05, 3.63) is 52.0 Å². The number of carbonyl (C=O) groups excluding carboxylic acids is 2. The highest BCUT2D eigenvalue weighted by molar-refractivity contribution is 7.10. The van der Waals surface area contributed by atoms with E-state index in [1.807, 2.05) is 5.32 Å². The van der Waals surface area contributed by atoms with Crippen LogP contribution in [0.2, 0.25) is 0 Å². The number of benzene rings is 1. The van der Waals surface area contributed by atoms with Crippen molar-refractivity contribution in [3.63, 3.8) is 0 Å². The zero-order valence-electron chi connectivity index (χ0n) is 13.9. The van der Waals surface area contributed by atoms with Gasteiger partial charge in [0.25, 0.3) is 18.2 Å². The molecule has 0 bridgehead atoms. The molecule has 0 aliphatic heterocycles. The number of hydrogen-bond donors (Lipinski definition) is 4. The summed E-state index contributed by atoms with van der Waals surface area (Å²) in [4.78, 5) is 28.5. The molecule has 4 N–H and O–H groups in total. The van der Waals surface area contributed by atoms with Gasteiger partial charge in [0.15, 0.2) is 5.60 Å². The average Bonchev–Trinajstić information content (AvgIpc) is 3.17. The number of amides is 2. The molecule has 2 atom stereocenters. The van der Waals surface area contributed by atoms with Crippen LogP contribution in [0.4, 0.5) is 8.78 Å². The number of thiazole rings is 1. The van der Waals surface area contributed by atoms with Crippen molar-refractivity contribution in [1.82, 2.24) is 15.8 Å². The molecule has 1 heterocycles. The summed E-state index contributed by atoms with van der Waals surface area (Å²) in [6.45, 7) is 0.677. The number of carbonyl (C=O) groups is 2. The van der Waals surface area contributed by atoms with E-state index in [-0.39, 0.29) is 5.56 Å². The highest BCUT2D eigenvalue weighted by atomic mass is 32.1. The maximum atomic E-state index is 13.0. The van der Waals surface area contributed by atoms with Gasteiger partial charge in [0.1, 0.15) is 6.04 Å². The van der Waals surface area contributed by atoms with Crippen LogP contribution in [0.5, 0.6) is 0 Å². The molecular formula is C17H15F2N3O4S. The Hall–Kier alpha value is -2.87. The second-order valence-electron chi connectivity index (χ2n) is 5.60. The van der Waals surface area contributed by atoms with Crippen molar-refractivity contribution in [2.45, 2.75) is 25.0 Å². The van der Waals surface area contributed by atoms with Crippen LogP contribution in [0.25, 0.3) is 0 Å². The van der Waals surface area contributed by atoms with Gasteiger partial charge < -0.3 is 10.4 Å². The van der Waals surface area contributed by atoms with E-state index >= 15 is 0 Å². The first kappa shape index (κ1) is 20.4. The average molecular weight is 395 g/mol. The third-order valence-corrected chi connectivity index (χ3v) is 4.27. The van der Waals surface area contributed by atoms with E-state index in [9.17, 15) is 23.5 Å². The van der Waals surface area contributed by atoms with Crippen LogP contribution in [0.3, 0.4) is 0 Å². The molecule has 7 nitrogen and oxygen atoms in total. The van der Waals surface area contributed by atoms with E-state index in [0.717, 1.165) is 10.4 Å². The first-order chi connectivity index (χ1) is 12.8. The first-order valence-electron chi connectivity index (χ1n) is 7.51. The fraction of sp³-hybridized carbons (Fsp3) is 0.235. The van der Waals surface area contributed by atoms with Crippen LogP contribution in [0, 0.1) is 11.8 Å². The SMILES string of the molecule is CC(O)(C(F)F)[C@H](NC(=O)c1ccc(C#Cc2cncs2)cc1)C(=O)NO. The smallest absolute Gasteiger partial charge is 0.269 e. The van der Waals surface area contributed by atoms with Crippen molar-refractivity contribution < 1.29 is 28.7 Å². The maximum absolute atomic E-state index is 13.0. The van der Waals surface area contributed by atoms with Gasteiger partial charge in [-0.15, -0.1) is 11.3 Å². The Kier molecular flexibility index (Phi) is 6.57. The van der Waals surface area contributed by atoms with Crippen LogP contribution in [0.1, 0.15) is 27.7 Å². The Bertz CT molecular complexity index is 859. The second kappa shape index (κ2) is 8.68. The van der Waals surface area contributed by atoms with Gasteiger partial charge in [0, 0.05) is 11.1 Å². The number of aromatic nitrogens is 1. The summed E-state index contributed by atoms with van der Waals surface area (Å²) in [6, 6.07) is 3.78. The van der Waals surface area contributed by atoms with Crippen molar-refractivity contribution in [2.24, 2.45) is 0 Å². The third kappa shape index (κ3) is 5.07. The number of rotatable bonds is 5. The molecule has 27 heavy (non-hydrogen) atoms. The number of aliphatic hydroxyl groups is 1.